The molecule has 3 heteroatoms. The number of halogens is 1. The van der Waals surface area contributed by atoms with Crippen LogP contribution in [0.25, 0.3) is 10.9 Å². The van der Waals surface area contributed by atoms with Crippen LogP contribution in [0.5, 0.6) is 0 Å². The summed E-state index contributed by atoms with van der Waals surface area (Å²) in [5.74, 6) is 0. The maximum Gasteiger partial charge on any atom is 0.0470 e. The van der Waals surface area contributed by atoms with Gasteiger partial charge in [0.25, 0.3) is 0 Å². The van der Waals surface area contributed by atoms with Crippen LogP contribution in [0.3, 0.4) is 0 Å². The van der Waals surface area contributed by atoms with Crippen LogP contribution in [0, 0.1) is 0 Å². The Kier molecular flexibility index (Phi) is 3.20. The summed E-state index contributed by atoms with van der Waals surface area (Å²) >= 11 is 3.54. The van der Waals surface area contributed by atoms with E-state index in [0.717, 1.165) is 17.3 Å². The first-order chi connectivity index (χ1) is 8.63. The third-order valence-electron chi connectivity index (χ3n) is 3.72. The number of rotatable bonds is 2. The van der Waals surface area contributed by atoms with Crippen molar-refractivity contribution < 1.29 is 0 Å². The fourth-order valence-electron chi connectivity index (χ4n) is 3.01. The molecular formula is C15H19BrN2. The smallest absolute Gasteiger partial charge is 0.0470 e. The number of aromatic amines is 1. The van der Waals surface area contributed by atoms with Crippen LogP contribution in [-0.2, 0) is 12.8 Å². The molecular weight excluding hydrogens is 288 g/mol. The van der Waals surface area contributed by atoms with E-state index < -0.39 is 0 Å². The highest BCUT2D eigenvalue weighted by Crippen LogP contribution is 2.30. The van der Waals surface area contributed by atoms with E-state index in [1.807, 2.05) is 0 Å². The van der Waals surface area contributed by atoms with Gasteiger partial charge in [0.15, 0.2) is 0 Å². The van der Waals surface area contributed by atoms with Gasteiger partial charge in [0.05, 0.1) is 0 Å². The summed E-state index contributed by atoms with van der Waals surface area (Å²) in [6.07, 6.45) is 3.54. The predicted molar refractivity (Wildman–Crippen MR) is 80.1 cm³/mol. The van der Waals surface area contributed by atoms with E-state index in [1.165, 1.54) is 28.6 Å². The average Bonchev–Trinajstić information content (AvgIpc) is 2.65. The number of fused-ring (bicyclic) bond motifs is 3. The minimum atomic E-state index is 0.566. The van der Waals surface area contributed by atoms with Crippen molar-refractivity contribution in [3.05, 3.63) is 33.9 Å². The van der Waals surface area contributed by atoms with Gasteiger partial charge in [0.2, 0.25) is 0 Å². The third kappa shape index (κ3) is 2.21. The second kappa shape index (κ2) is 4.71. The molecule has 2 N–H and O–H groups in total. The largest absolute Gasteiger partial charge is 0.358 e. The molecule has 1 heterocycles. The van der Waals surface area contributed by atoms with Gasteiger partial charge in [-0.05, 0) is 37.0 Å². The zero-order chi connectivity index (χ0) is 12.7. The summed E-state index contributed by atoms with van der Waals surface area (Å²) in [6.45, 7) is 4.45. The van der Waals surface area contributed by atoms with Gasteiger partial charge in [-0.2, -0.15) is 0 Å². The van der Waals surface area contributed by atoms with Crippen molar-refractivity contribution in [2.75, 3.05) is 0 Å². The first kappa shape index (κ1) is 12.2. The van der Waals surface area contributed by atoms with Crippen molar-refractivity contribution in [3.8, 4) is 0 Å². The zero-order valence-electron chi connectivity index (χ0n) is 10.9. The Morgan fingerprint density at radius 1 is 1.39 bits per heavy atom. The van der Waals surface area contributed by atoms with Crippen LogP contribution in [0.4, 0.5) is 0 Å². The molecule has 2 aromatic rings. The van der Waals surface area contributed by atoms with Crippen LogP contribution in [0.15, 0.2) is 22.7 Å². The Balaban J connectivity index is 1.96. The highest BCUT2D eigenvalue weighted by molar-refractivity contribution is 9.10. The summed E-state index contributed by atoms with van der Waals surface area (Å²) < 4.78 is 1.14. The molecule has 0 amide bonds. The fourth-order valence-corrected chi connectivity index (χ4v) is 3.37. The molecule has 0 bridgehead atoms. The summed E-state index contributed by atoms with van der Waals surface area (Å²) in [7, 11) is 0. The van der Waals surface area contributed by atoms with Gasteiger partial charge >= 0.3 is 0 Å². The van der Waals surface area contributed by atoms with E-state index in [4.69, 9.17) is 0 Å². The molecule has 2 nitrogen and oxygen atoms in total. The second-order valence-corrected chi connectivity index (χ2v) is 6.45. The Hall–Kier alpha value is -0.800. The van der Waals surface area contributed by atoms with E-state index >= 15 is 0 Å². The summed E-state index contributed by atoms with van der Waals surface area (Å²) in [6, 6.07) is 7.73. The van der Waals surface area contributed by atoms with Gasteiger partial charge in [-0.1, -0.05) is 35.8 Å². The lowest BCUT2D eigenvalue weighted by Gasteiger charge is -2.25. The summed E-state index contributed by atoms with van der Waals surface area (Å²) in [4.78, 5) is 3.57. The standard InChI is InChI=1S/C15H19BrN2/c1-9(2)17-11-4-6-14-13(8-11)12-5-3-10(16)7-15(12)18-14/h3,5,7,9,11,17-18H,4,6,8H2,1-2H3. The van der Waals surface area contributed by atoms with Crippen LogP contribution in [-0.4, -0.2) is 17.1 Å². The molecule has 1 aliphatic carbocycles. The number of H-pyrrole nitrogens is 1. The third-order valence-corrected chi connectivity index (χ3v) is 4.21. The van der Waals surface area contributed by atoms with E-state index in [1.54, 1.807) is 0 Å². The molecule has 0 saturated carbocycles. The van der Waals surface area contributed by atoms with Gasteiger partial charge in [-0.3, -0.25) is 0 Å². The SMILES string of the molecule is CC(C)NC1CCc2[nH]c3cc(Br)ccc3c2C1. The highest BCUT2D eigenvalue weighted by Gasteiger charge is 2.22. The Bertz CT molecular complexity index is 571. The van der Waals surface area contributed by atoms with Crippen molar-refractivity contribution in [1.29, 1.82) is 0 Å². The molecule has 0 saturated heterocycles. The fraction of sp³-hybridized carbons (Fsp3) is 0.467. The number of aryl methyl sites for hydroxylation is 1. The monoisotopic (exact) mass is 306 g/mol. The topological polar surface area (TPSA) is 27.8 Å². The van der Waals surface area contributed by atoms with Crippen molar-refractivity contribution in [2.24, 2.45) is 0 Å². The average molecular weight is 307 g/mol. The number of hydrogen-bond acceptors (Lipinski definition) is 1. The van der Waals surface area contributed by atoms with Crippen molar-refractivity contribution in [2.45, 2.75) is 45.2 Å². The zero-order valence-corrected chi connectivity index (χ0v) is 12.5. The molecule has 3 rings (SSSR count). The van der Waals surface area contributed by atoms with E-state index in [-0.39, 0.29) is 0 Å². The van der Waals surface area contributed by atoms with Gasteiger partial charge < -0.3 is 10.3 Å². The van der Waals surface area contributed by atoms with Crippen LogP contribution < -0.4 is 5.32 Å². The van der Waals surface area contributed by atoms with Gasteiger partial charge in [0.1, 0.15) is 0 Å². The predicted octanol–water partition coefficient (Wildman–Crippen LogP) is 3.79. The first-order valence-corrected chi connectivity index (χ1v) is 7.48. The summed E-state index contributed by atoms with van der Waals surface area (Å²) in [5.41, 5.74) is 4.21. The van der Waals surface area contributed by atoms with Crippen molar-refractivity contribution in [3.63, 3.8) is 0 Å². The molecule has 1 aromatic carbocycles. The molecule has 0 spiro atoms. The Labute approximate surface area is 116 Å². The lowest BCUT2D eigenvalue weighted by Crippen LogP contribution is -2.38. The number of nitrogens with one attached hydrogen (secondary N) is 2. The van der Waals surface area contributed by atoms with Crippen molar-refractivity contribution >= 4 is 26.8 Å². The summed E-state index contributed by atoms with van der Waals surface area (Å²) in [5, 5.41) is 5.06. The normalized spacial score (nSPS) is 19.4. The molecule has 0 fully saturated rings. The molecule has 96 valence electrons. The van der Waals surface area contributed by atoms with Crippen LogP contribution in [0.2, 0.25) is 0 Å². The minimum absolute atomic E-state index is 0.566. The van der Waals surface area contributed by atoms with Crippen LogP contribution in [0.1, 0.15) is 31.5 Å². The molecule has 18 heavy (non-hydrogen) atoms. The first-order valence-electron chi connectivity index (χ1n) is 6.68. The van der Waals surface area contributed by atoms with Crippen molar-refractivity contribution in [1.82, 2.24) is 10.3 Å². The Morgan fingerprint density at radius 2 is 2.22 bits per heavy atom. The van der Waals surface area contributed by atoms with Gasteiger partial charge in [-0.25, -0.2) is 0 Å². The number of hydrogen-bond donors (Lipinski definition) is 2. The molecule has 1 aromatic heterocycles. The lowest BCUT2D eigenvalue weighted by atomic mass is 9.91. The van der Waals surface area contributed by atoms with Crippen LogP contribution >= 0.6 is 15.9 Å². The lowest BCUT2D eigenvalue weighted by molar-refractivity contribution is 0.421. The van der Waals surface area contributed by atoms with E-state index in [2.05, 4.69) is 58.3 Å². The number of benzene rings is 1. The van der Waals surface area contributed by atoms with Gasteiger partial charge in [-0.15, -0.1) is 0 Å². The molecule has 1 aliphatic rings. The minimum Gasteiger partial charge on any atom is -0.358 e. The van der Waals surface area contributed by atoms with E-state index in [0.29, 0.717) is 12.1 Å². The van der Waals surface area contributed by atoms with Gasteiger partial charge in [0, 0.05) is 33.2 Å². The maximum absolute atomic E-state index is 3.67. The second-order valence-electron chi connectivity index (χ2n) is 5.53. The van der Waals surface area contributed by atoms with E-state index in [9.17, 15) is 0 Å². The Morgan fingerprint density at radius 3 is 3.00 bits per heavy atom. The quantitative estimate of drug-likeness (QED) is 0.868. The molecule has 0 radical (unpaired) electrons. The highest BCUT2D eigenvalue weighted by atomic mass is 79.9. The number of aromatic nitrogens is 1. The molecule has 0 aliphatic heterocycles. The maximum atomic E-state index is 3.67. The molecule has 1 atom stereocenters. The molecule has 1 unspecified atom stereocenters.